The molecule has 1 heterocycles. The van der Waals surface area contributed by atoms with Crippen LogP contribution in [0, 0.1) is 0 Å². The van der Waals surface area contributed by atoms with Crippen molar-refractivity contribution < 1.29 is 14.1 Å². The highest BCUT2D eigenvalue weighted by Crippen LogP contribution is 2.42. The third-order valence-electron chi connectivity index (χ3n) is 5.01. The minimum absolute atomic E-state index is 0.202. The zero-order chi connectivity index (χ0) is 19.7. The summed E-state index contributed by atoms with van der Waals surface area (Å²) in [4.78, 5) is 17.0. The van der Waals surface area contributed by atoms with Gasteiger partial charge in [0, 0.05) is 5.41 Å². The average Bonchev–Trinajstić information content (AvgIpc) is 3.09. The molecule has 0 aliphatic heterocycles. The lowest BCUT2D eigenvalue weighted by Crippen LogP contribution is -2.54. The van der Waals surface area contributed by atoms with E-state index in [1.165, 1.54) is 0 Å². The number of ether oxygens (including phenoxy) is 1. The van der Waals surface area contributed by atoms with E-state index < -0.39 is 0 Å². The summed E-state index contributed by atoms with van der Waals surface area (Å²) in [5.41, 5.74) is 0.499. The molecule has 1 unspecified atom stereocenters. The molecule has 2 aromatic rings. The molecule has 0 bridgehead atoms. The number of hydrogen-bond donors (Lipinski definition) is 2. The van der Waals surface area contributed by atoms with Gasteiger partial charge in [0.2, 0.25) is 5.89 Å². The van der Waals surface area contributed by atoms with E-state index in [4.69, 9.17) is 9.26 Å². The molecule has 1 fully saturated rings. The van der Waals surface area contributed by atoms with Crippen LogP contribution < -0.4 is 15.4 Å². The Balaban J connectivity index is 1.68. The fraction of sp³-hybridized carbons (Fsp3) is 0.550. The molecule has 1 aliphatic rings. The smallest absolute Gasteiger partial charge is 0.316 e. The number of aromatic nitrogens is 2. The van der Waals surface area contributed by atoms with E-state index >= 15 is 0 Å². The molecule has 3 rings (SSSR count). The SMILES string of the molecule is COc1cccc(C2(NC(=O)NC(C)c3nc(C(C)(C)C)no3)CCC2)c1. The Hall–Kier alpha value is -2.57. The highest BCUT2D eigenvalue weighted by Gasteiger charge is 2.40. The fourth-order valence-electron chi connectivity index (χ4n) is 3.16. The van der Waals surface area contributed by atoms with Gasteiger partial charge in [-0.2, -0.15) is 4.98 Å². The number of carbonyl (C=O) groups excluding carboxylic acids is 1. The maximum Gasteiger partial charge on any atom is 0.316 e. The van der Waals surface area contributed by atoms with Crippen molar-refractivity contribution >= 4 is 6.03 Å². The van der Waals surface area contributed by atoms with Crippen molar-refractivity contribution in [3.8, 4) is 5.75 Å². The van der Waals surface area contributed by atoms with Crippen LogP contribution in [0.3, 0.4) is 0 Å². The number of amides is 2. The van der Waals surface area contributed by atoms with Gasteiger partial charge in [-0.1, -0.05) is 38.1 Å². The van der Waals surface area contributed by atoms with Crippen LogP contribution in [-0.2, 0) is 11.0 Å². The summed E-state index contributed by atoms with van der Waals surface area (Å²) in [5, 5.41) is 10.1. The van der Waals surface area contributed by atoms with Crippen molar-refractivity contribution in [1.82, 2.24) is 20.8 Å². The molecule has 2 N–H and O–H groups in total. The van der Waals surface area contributed by atoms with E-state index in [1.54, 1.807) is 7.11 Å². The largest absolute Gasteiger partial charge is 0.497 e. The Bertz CT molecular complexity index is 806. The number of carbonyl (C=O) groups is 1. The molecule has 2 amide bonds. The second-order valence-corrected chi connectivity index (χ2v) is 8.19. The molecule has 1 saturated carbocycles. The number of methoxy groups -OCH3 is 1. The molecule has 0 spiro atoms. The summed E-state index contributed by atoms with van der Waals surface area (Å²) in [6.45, 7) is 7.88. The lowest BCUT2D eigenvalue weighted by atomic mass is 9.72. The molecule has 27 heavy (non-hydrogen) atoms. The summed E-state index contributed by atoms with van der Waals surface area (Å²) in [6.07, 6.45) is 2.87. The number of nitrogens with zero attached hydrogens (tertiary/aromatic N) is 2. The molecular formula is C20H28N4O3. The van der Waals surface area contributed by atoms with Crippen LogP contribution in [-0.4, -0.2) is 23.3 Å². The quantitative estimate of drug-likeness (QED) is 0.833. The first-order chi connectivity index (χ1) is 12.7. The molecular weight excluding hydrogens is 344 g/mol. The van der Waals surface area contributed by atoms with Crippen LogP contribution in [0.1, 0.15) is 70.3 Å². The number of rotatable bonds is 5. The third kappa shape index (κ3) is 4.07. The molecule has 7 nitrogen and oxygen atoms in total. The second-order valence-electron chi connectivity index (χ2n) is 8.19. The van der Waals surface area contributed by atoms with Gasteiger partial charge in [-0.3, -0.25) is 0 Å². The Morgan fingerprint density at radius 1 is 1.33 bits per heavy atom. The topological polar surface area (TPSA) is 89.3 Å². The van der Waals surface area contributed by atoms with E-state index in [0.29, 0.717) is 11.7 Å². The Morgan fingerprint density at radius 3 is 2.63 bits per heavy atom. The second kappa shape index (κ2) is 7.21. The van der Waals surface area contributed by atoms with E-state index in [2.05, 4.69) is 20.8 Å². The number of benzene rings is 1. The fourth-order valence-corrected chi connectivity index (χ4v) is 3.16. The number of nitrogens with one attached hydrogen (secondary N) is 2. The monoisotopic (exact) mass is 372 g/mol. The summed E-state index contributed by atoms with van der Waals surface area (Å²) in [5.74, 6) is 1.81. The van der Waals surface area contributed by atoms with E-state index in [1.807, 2.05) is 52.0 Å². The Kier molecular flexibility index (Phi) is 5.13. The van der Waals surface area contributed by atoms with Gasteiger partial charge in [-0.25, -0.2) is 4.79 Å². The number of urea groups is 1. The van der Waals surface area contributed by atoms with Gasteiger partial charge in [-0.15, -0.1) is 0 Å². The molecule has 1 aliphatic carbocycles. The van der Waals surface area contributed by atoms with Crippen molar-refractivity contribution in [3.63, 3.8) is 0 Å². The van der Waals surface area contributed by atoms with Crippen LogP contribution in [0.4, 0.5) is 4.79 Å². The van der Waals surface area contributed by atoms with Crippen molar-refractivity contribution in [2.24, 2.45) is 0 Å². The van der Waals surface area contributed by atoms with Gasteiger partial charge in [-0.05, 0) is 43.9 Å². The summed E-state index contributed by atoms with van der Waals surface area (Å²) < 4.78 is 10.6. The maximum atomic E-state index is 12.6. The molecule has 0 saturated heterocycles. The van der Waals surface area contributed by atoms with Gasteiger partial charge in [0.05, 0.1) is 12.6 Å². The van der Waals surface area contributed by atoms with Crippen molar-refractivity contribution in [2.45, 2.75) is 64.0 Å². The Labute approximate surface area is 159 Å². The molecule has 146 valence electrons. The number of hydrogen-bond acceptors (Lipinski definition) is 5. The minimum Gasteiger partial charge on any atom is -0.497 e. The normalized spacial score (nSPS) is 16.9. The summed E-state index contributed by atoms with van der Waals surface area (Å²) in [6, 6.07) is 7.23. The standard InChI is InChI=1S/C20H28N4O3/c1-13(16-22-17(24-27-16)19(2,3)4)21-18(25)23-20(10-7-11-20)14-8-6-9-15(12-14)26-5/h6,8-9,12-13H,7,10-11H2,1-5H3,(H2,21,23,25). The van der Waals surface area contributed by atoms with Crippen LogP contribution in [0.2, 0.25) is 0 Å². The first-order valence-electron chi connectivity index (χ1n) is 9.31. The van der Waals surface area contributed by atoms with E-state index in [0.717, 1.165) is 30.6 Å². The predicted octanol–water partition coefficient (Wildman–Crippen LogP) is 3.82. The zero-order valence-electron chi connectivity index (χ0n) is 16.6. The van der Waals surface area contributed by atoms with Crippen molar-refractivity contribution in [2.75, 3.05) is 7.11 Å². The molecule has 0 radical (unpaired) electrons. The van der Waals surface area contributed by atoms with Gasteiger partial charge in [0.25, 0.3) is 0 Å². The zero-order valence-corrected chi connectivity index (χ0v) is 16.6. The summed E-state index contributed by atoms with van der Waals surface area (Å²) >= 11 is 0. The summed E-state index contributed by atoms with van der Waals surface area (Å²) in [7, 11) is 1.64. The molecule has 7 heteroatoms. The third-order valence-corrected chi connectivity index (χ3v) is 5.01. The first-order valence-corrected chi connectivity index (χ1v) is 9.31. The van der Waals surface area contributed by atoms with Crippen molar-refractivity contribution in [1.29, 1.82) is 0 Å². The lowest BCUT2D eigenvalue weighted by Gasteiger charge is -2.43. The molecule has 1 aromatic carbocycles. The molecule has 1 aromatic heterocycles. The lowest BCUT2D eigenvalue weighted by molar-refractivity contribution is 0.173. The van der Waals surface area contributed by atoms with E-state index in [-0.39, 0.29) is 23.0 Å². The van der Waals surface area contributed by atoms with Crippen molar-refractivity contribution in [3.05, 3.63) is 41.5 Å². The Morgan fingerprint density at radius 2 is 2.07 bits per heavy atom. The van der Waals surface area contributed by atoms with Gasteiger partial charge >= 0.3 is 6.03 Å². The van der Waals surface area contributed by atoms with E-state index in [9.17, 15) is 4.79 Å². The minimum atomic E-state index is -0.379. The highest BCUT2D eigenvalue weighted by atomic mass is 16.5. The first kappa shape index (κ1) is 19.2. The highest BCUT2D eigenvalue weighted by molar-refractivity contribution is 5.75. The van der Waals surface area contributed by atoms with Crippen LogP contribution in [0.25, 0.3) is 0 Å². The maximum absolute atomic E-state index is 12.6. The van der Waals surface area contributed by atoms with Gasteiger partial charge < -0.3 is 19.9 Å². The van der Waals surface area contributed by atoms with Gasteiger partial charge in [0.15, 0.2) is 5.82 Å². The van der Waals surface area contributed by atoms with Gasteiger partial charge in [0.1, 0.15) is 11.8 Å². The van der Waals surface area contributed by atoms with Crippen LogP contribution in [0.5, 0.6) is 5.75 Å². The molecule has 1 atom stereocenters. The van der Waals surface area contributed by atoms with Crippen LogP contribution >= 0.6 is 0 Å². The van der Waals surface area contributed by atoms with Crippen LogP contribution in [0.15, 0.2) is 28.8 Å². The predicted molar refractivity (Wildman–Crippen MR) is 102 cm³/mol. The average molecular weight is 372 g/mol.